The molecule has 0 saturated carbocycles. The zero-order valence-corrected chi connectivity index (χ0v) is 15.1. The second-order valence-corrected chi connectivity index (χ2v) is 8.21. The molecule has 24 heavy (non-hydrogen) atoms. The van der Waals surface area contributed by atoms with Gasteiger partial charge in [-0.15, -0.1) is 0 Å². The van der Waals surface area contributed by atoms with Crippen molar-refractivity contribution in [2.24, 2.45) is 0 Å². The summed E-state index contributed by atoms with van der Waals surface area (Å²) in [5, 5.41) is 12.5. The molecule has 0 aliphatic carbocycles. The maximum Gasteiger partial charge on any atom is 0.266 e. The molecule has 2 aliphatic heterocycles. The largest absolute Gasteiger partial charge is 0.390 e. The Morgan fingerprint density at radius 1 is 1.38 bits per heavy atom. The standard InChI is InChI=1S/C16H16N2O3S3/c19-12-9-23-8-11(12)17-14(20)7-18-15(21)13(24-16(18)22)6-10-4-2-1-3-5-10/h1-6,11-12,19H,7-9H2,(H,17,20)/t11-,12+/m1/s1. The van der Waals surface area contributed by atoms with Crippen LogP contribution in [0.1, 0.15) is 5.56 Å². The van der Waals surface area contributed by atoms with Crippen LogP contribution in [0, 0.1) is 0 Å². The van der Waals surface area contributed by atoms with E-state index in [0.29, 0.717) is 20.7 Å². The molecule has 0 spiro atoms. The van der Waals surface area contributed by atoms with Gasteiger partial charge in [-0.25, -0.2) is 0 Å². The van der Waals surface area contributed by atoms with Crippen molar-refractivity contribution in [2.45, 2.75) is 12.1 Å². The number of aliphatic hydroxyl groups is 1. The van der Waals surface area contributed by atoms with Crippen LogP contribution in [0.4, 0.5) is 0 Å². The van der Waals surface area contributed by atoms with E-state index in [1.165, 1.54) is 16.7 Å². The number of hydrogen-bond donors (Lipinski definition) is 2. The molecule has 0 aromatic heterocycles. The molecule has 5 nitrogen and oxygen atoms in total. The minimum atomic E-state index is -0.539. The summed E-state index contributed by atoms with van der Waals surface area (Å²) in [7, 11) is 0. The van der Waals surface area contributed by atoms with E-state index in [2.05, 4.69) is 5.32 Å². The number of carbonyl (C=O) groups excluding carboxylic acids is 2. The molecule has 2 heterocycles. The third kappa shape index (κ3) is 4.00. The third-order valence-electron chi connectivity index (χ3n) is 3.67. The average molecular weight is 381 g/mol. The van der Waals surface area contributed by atoms with E-state index < -0.39 is 6.10 Å². The molecule has 2 saturated heterocycles. The molecule has 2 amide bonds. The van der Waals surface area contributed by atoms with Crippen molar-refractivity contribution in [3.8, 4) is 0 Å². The lowest BCUT2D eigenvalue weighted by Gasteiger charge is -2.18. The van der Waals surface area contributed by atoms with Gasteiger partial charge in [-0.05, 0) is 11.6 Å². The van der Waals surface area contributed by atoms with Crippen LogP contribution in [-0.4, -0.2) is 56.3 Å². The Labute approximate surface area is 153 Å². The van der Waals surface area contributed by atoms with Crippen LogP contribution in [0.25, 0.3) is 6.08 Å². The second kappa shape index (κ2) is 7.69. The Balaban J connectivity index is 1.64. The number of benzene rings is 1. The Morgan fingerprint density at radius 2 is 2.12 bits per heavy atom. The van der Waals surface area contributed by atoms with Gasteiger partial charge in [-0.1, -0.05) is 54.3 Å². The summed E-state index contributed by atoms with van der Waals surface area (Å²) in [6, 6.07) is 9.23. The van der Waals surface area contributed by atoms with E-state index in [9.17, 15) is 14.7 Å². The number of thioether (sulfide) groups is 2. The molecule has 0 radical (unpaired) electrons. The molecule has 2 fully saturated rings. The summed E-state index contributed by atoms with van der Waals surface area (Å²) in [6.07, 6.45) is 1.23. The van der Waals surface area contributed by atoms with Crippen molar-refractivity contribution in [1.82, 2.24) is 10.2 Å². The molecule has 8 heteroatoms. The number of hydrogen-bond acceptors (Lipinski definition) is 6. The lowest BCUT2D eigenvalue weighted by atomic mass is 10.2. The van der Waals surface area contributed by atoms with Gasteiger partial charge in [0, 0.05) is 11.5 Å². The molecule has 1 aromatic rings. The monoisotopic (exact) mass is 380 g/mol. The van der Waals surface area contributed by atoms with Crippen LogP contribution in [0.5, 0.6) is 0 Å². The van der Waals surface area contributed by atoms with E-state index in [1.54, 1.807) is 17.8 Å². The number of rotatable bonds is 4. The molecule has 2 N–H and O–H groups in total. The molecule has 2 aliphatic rings. The molecule has 1 aromatic carbocycles. The van der Waals surface area contributed by atoms with Gasteiger partial charge in [0.05, 0.1) is 17.1 Å². The molecular weight excluding hydrogens is 364 g/mol. The number of nitrogens with zero attached hydrogens (tertiary/aromatic N) is 1. The highest BCUT2D eigenvalue weighted by atomic mass is 32.2. The van der Waals surface area contributed by atoms with Crippen molar-refractivity contribution in [3.05, 3.63) is 40.8 Å². The van der Waals surface area contributed by atoms with Crippen LogP contribution in [0.3, 0.4) is 0 Å². The predicted molar refractivity (Wildman–Crippen MR) is 102 cm³/mol. The van der Waals surface area contributed by atoms with Crippen LogP contribution in [-0.2, 0) is 9.59 Å². The SMILES string of the molecule is O=C(CN1C(=O)C(=Cc2ccccc2)SC1=S)N[C@@H]1CSC[C@@H]1O. The van der Waals surface area contributed by atoms with Crippen molar-refractivity contribution in [2.75, 3.05) is 18.1 Å². The number of nitrogens with one attached hydrogen (secondary N) is 1. The van der Waals surface area contributed by atoms with E-state index >= 15 is 0 Å². The first-order chi connectivity index (χ1) is 11.5. The van der Waals surface area contributed by atoms with Gasteiger partial charge in [0.15, 0.2) is 0 Å². The summed E-state index contributed by atoms with van der Waals surface area (Å²) in [4.78, 5) is 26.4. The summed E-state index contributed by atoms with van der Waals surface area (Å²) in [6.45, 7) is -0.120. The summed E-state index contributed by atoms with van der Waals surface area (Å²) < 4.78 is 0.374. The van der Waals surface area contributed by atoms with Crippen molar-refractivity contribution >= 4 is 58.0 Å². The fraction of sp³-hybridized carbons (Fsp3) is 0.312. The van der Waals surface area contributed by atoms with Gasteiger partial charge < -0.3 is 10.4 Å². The van der Waals surface area contributed by atoms with Crippen LogP contribution in [0.2, 0.25) is 0 Å². The van der Waals surface area contributed by atoms with E-state index in [-0.39, 0.29) is 24.4 Å². The highest BCUT2D eigenvalue weighted by Crippen LogP contribution is 2.32. The van der Waals surface area contributed by atoms with Crippen molar-refractivity contribution < 1.29 is 14.7 Å². The molecule has 0 bridgehead atoms. The molecule has 0 unspecified atom stereocenters. The zero-order valence-electron chi connectivity index (χ0n) is 12.7. The number of carbonyl (C=O) groups is 2. The Hall–Kier alpha value is -1.35. The van der Waals surface area contributed by atoms with Gasteiger partial charge in [0.2, 0.25) is 5.91 Å². The van der Waals surface area contributed by atoms with Gasteiger partial charge in [-0.3, -0.25) is 14.5 Å². The topological polar surface area (TPSA) is 69.6 Å². The number of thiocarbonyl (C=S) groups is 1. The lowest BCUT2D eigenvalue weighted by molar-refractivity contribution is -0.129. The molecule has 126 valence electrons. The number of aliphatic hydroxyl groups excluding tert-OH is 1. The van der Waals surface area contributed by atoms with Crippen LogP contribution in [0.15, 0.2) is 35.2 Å². The van der Waals surface area contributed by atoms with E-state index in [0.717, 1.165) is 5.56 Å². The quantitative estimate of drug-likeness (QED) is 0.609. The summed E-state index contributed by atoms with van der Waals surface area (Å²) in [5.74, 6) is 0.731. The normalized spacial score (nSPS) is 25.5. The Morgan fingerprint density at radius 3 is 2.79 bits per heavy atom. The van der Waals surface area contributed by atoms with Crippen molar-refractivity contribution in [3.63, 3.8) is 0 Å². The highest BCUT2D eigenvalue weighted by molar-refractivity contribution is 8.26. The van der Waals surface area contributed by atoms with E-state index in [1.807, 2.05) is 30.3 Å². The van der Waals surface area contributed by atoms with Crippen LogP contribution < -0.4 is 5.32 Å². The molecule has 3 rings (SSSR count). The first-order valence-electron chi connectivity index (χ1n) is 7.40. The van der Waals surface area contributed by atoms with Gasteiger partial charge >= 0.3 is 0 Å². The average Bonchev–Trinajstić information content (AvgIpc) is 3.07. The van der Waals surface area contributed by atoms with E-state index in [4.69, 9.17) is 12.2 Å². The van der Waals surface area contributed by atoms with Crippen molar-refractivity contribution in [1.29, 1.82) is 0 Å². The second-order valence-electron chi connectivity index (χ2n) is 5.46. The predicted octanol–water partition coefficient (Wildman–Crippen LogP) is 1.48. The molecule has 2 atom stereocenters. The van der Waals surface area contributed by atoms with Gasteiger partial charge in [0.25, 0.3) is 5.91 Å². The molecular formula is C16H16N2O3S3. The minimum Gasteiger partial charge on any atom is -0.390 e. The Kier molecular flexibility index (Phi) is 5.60. The smallest absolute Gasteiger partial charge is 0.266 e. The minimum absolute atomic E-state index is 0.120. The first-order valence-corrected chi connectivity index (χ1v) is 9.78. The maximum atomic E-state index is 12.5. The highest BCUT2D eigenvalue weighted by Gasteiger charge is 2.34. The summed E-state index contributed by atoms with van der Waals surface area (Å²) >= 11 is 8.02. The summed E-state index contributed by atoms with van der Waals surface area (Å²) in [5.41, 5.74) is 0.911. The third-order valence-corrected chi connectivity index (χ3v) is 6.22. The Bertz CT molecular complexity index is 693. The fourth-order valence-corrected chi connectivity index (χ4v) is 4.84. The fourth-order valence-electron chi connectivity index (χ4n) is 2.41. The van der Waals surface area contributed by atoms with Gasteiger partial charge in [-0.2, -0.15) is 11.8 Å². The maximum absolute atomic E-state index is 12.5. The van der Waals surface area contributed by atoms with Gasteiger partial charge in [0.1, 0.15) is 10.9 Å². The van der Waals surface area contributed by atoms with Crippen LogP contribution >= 0.6 is 35.7 Å². The number of amides is 2. The first kappa shape index (κ1) is 17.5. The lowest BCUT2D eigenvalue weighted by Crippen LogP contribution is -2.47. The zero-order chi connectivity index (χ0) is 17.1.